The van der Waals surface area contributed by atoms with E-state index in [9.17, 15) is 9.18 Å². The number of hydrogen-bond donors (Lipinski definition) is 0. The predicted molar refractivity (Wildman–Crippen MR) is 133 cm³/mol. The van der Waals surface area contributed by atoms with E-state index < -0.39 is 0 Å². The highest BCUT2D eigenvalue weighted by Crippen LogP contribution is 2.34. The summed E-state index contributed by atoms with van der Waals surface area (Å²) < 4.78 is 15.4. The van der Waals surface area contributed by atoms with Crippen LogP contribution < -0.4 is 4.90 Å². The van der Waals surface area contributed by atoms with Crippen LogP contribution in [0.3, 0.4) is 0 Å². The largest absolute Gasteiger partial charge is 0.352 e. The Morgan fingerprint density at radius 3 is 2.37 bits per heavy atom. The molecule has 3 aliphatic rings. The van der Waals surface area contributed by atoms with Crippen molar-refractivity contribution in [3.8, 4) is 5.69 Å². The van der Waals surface area contributed by atoms with Gasteiger partial charge in [0.1, 0.15) is 17.5 Å². The lowest BCUT2D eigenvalue weighted by molar-refractivity contribution is -0.132. The number of fused-ring (bicyclic) bond motifs is 1. The molecule has 2 saturated carbocycles. The lowest BCUT2D eigenvalue weighted by Crippen LogP contribution is -2.49. The van der Waals surface area contributed by atoms with Crippen LogP contribution in [0, 0.1) is 24.6 Å². The molecule has 0 atom stereocenters. The lowest BCUT2D eigenvalue weighted by Gasteiger charge is -2.36. The number of carbonyl (C=O) groups is 1. The van der Waals surface area contributed by atoms with Crippen molar-refractivity contribution >= 4 is 22.8 Å². The van der Waals surface area contributed by atoms with E-state index in [4.69, 9.17) is 15.1 Å². The van der Waals surface area contributed by atoms with Crippen molar-refractivity contribution in [3.05, 3.63) is 41.6 Å². The summed E-state index contributed by atoms with van der Waals surface area (Å²) in [5.41, 5.74) is 2.43. The molecule has 35 heavy (non-hydrogen) atoms. The van der Waals surface area contributed by atoms with Gasteiger partial charge in [0.25, 0.3) is 0 Å². The number of benzene rings is 1. The highest BCUT2D eigenvalue weighted by Gasteiger charge is 2.35. The van der Waals surface area contributed by atoms with Crippen LogP contribution in [0.4, 0.5) is 10.2 Å². The van der Waals surface area contributed by atoms with Crippen molar-refractivity contribution in [1.82, 2.24) is 24.6 Å². The third-order valence-electron chi connectivity index (χ3n) is 7.81. The molecule has 3 heterocycles. The Bertz CT molecular complexity index is 1220. The first-order chi connectivity index (χ1) is 17.1. The van der Waals surface area contributed by atoms with E-state index in [1.54, 1.807) is 12.1 Å². The van der Waals surface area contributed by atoms with Gasteiger partial charge in [-0.15, -0.1) is 0 Å². The zero-order chi connectivity index (χ0) is 23.9. The molecule has 1 aromatic carbocycles. The first-order valence-corrected chi connectivity index (χ1v) is 13.1. The molecule has 8 heteroatoms. The molecule has 2 aromatic heterocycles. The summed E-state index contributed by atoms with van der Waals surface area (Å²) in [5.74, 6) is 2.70. The Morgan fingerprint density at radius 1 is 0.971 bits per heavy atom. The summed E-state index contributed by atoms with van der Waals surface area (Å²) in [6.45, 7) is 4.96. The molecule has 2 aliphatic carbocycles. The Labute approximate surface area is 205 Å². The second-order valence-electron chi connectivity index (χ2n) is 10.4. The molecule has 3 aromatic rings. The maximum absolute atomic E-state index is 13.6. The summed E-state index contributed by atoms with van der Waals surface area (Å²) >= 11 is 0. The molecule has 0 radical (unpaired) electrons. The van der Waals surface area contributed by atoms with Crippen LogP contribution in [-0.2, 0) is 11.2 Å². The van der Waals surface area contributed by atoms with Gasteiger partial charge in [0.2, 0.25) is 5.91 Å². The fourth-order valence-electron chi connectivity index (χ4n) is 5.66. The fraction of sp³-hybridized carbons (Fsp3) is 0.556. The molecule has 3 fully saturated rings. The monoisotopic (exact) mass is 476 g/mol. The second-order valence-corrected chi connectivity index (χ2v) is 10.4. The highest BCUT2D eigenvalue weighted by molar-refractivity contribution is 5.91. The fourth-order valence-corrected chi connectivity index (χ4v) is 5.66. The van der Waals surface area contributed by atoms with Crippen LogP contribution in [0.25, 0.3) is 16.7 Å². The van der Waals surface area contributed by atoms with E-state index >= 15 is 0 Å². The van der Waals surface area contributed by atoms with E-state index in [1.165, 1.54) is 44.2 Å². The van der Waals surface area contributed by atoms with Crippen LogP contribution in [0.15, 0.2) is 24.3 Å². The summed E-state index contributed by atoms with van der Waals surface area (Å²) in [6, 6.07) is 6.40. The van der Waals surface area contributed by atoms with Gasteiger partial charge in [-0.2, -0.15) is 5.10 Å². The van der Waals surface area contributed by atoms with E-state index in [-0.39, 0.29) is 11.7 Å². The molecule has 0 unspecified atom stereocenters. The minimum Gasteiger partial charge on any atom is -0.352 e. The van der Waals surface area contributed by atoms with Crippen LogP contribution in [-0.4, -0.2) is 56.7 Å². The molecule has 6 rings (SSSR count). The maximum Gasteiger partial charge on any atom is 0.225 e. The normalized spacial score (nSPS) is 19.5. The van der Waals surface area contributed by atoms with Gasteiger partial charge in [-0.25, -0.2) is 19.0 Å². The minimum atomic E-state index is -0.270. The van der Waals surface area contributed by atoms with Gasteiger partial charge in [0, 0.05) is 38.5 Å². The zero-order valence-corrected chi connectivity index (χ0v) is 20.4. The van der Waals surface area contributed by atoms with E-state index in [1.807, 2.05) is 16.5 Å². The Hall–Kier alpha value is -3.03. The Morgan fingerprint density at radius 2 is 1.69 bits per heavy atom. The number of aryl methyl sites for hydroxylation is 1. The number of aromatic nitrogens is 4. The average molecular weight is 477 g/mol. The van der Waals surface area contributed by atoms with Crippen molar-refractivity contribution in [2.24, 2.45) is 11.8 Å². The van der Waals surface area contributed by atoms with Gasteiger partial charge in [-0.3, -0.25) is 4.79 Å². The molecular formula is C27H33FN6O. The minimum absolute atomic E-state index is 0.255. The smallest absolute Gasteiger partial charge is 0.225 e. The standard InChI is InChI=1S/C27H33FN6O/c1-18-24-25(32-13-15-33(16-14-32)27(35)20-7-8-20)29-23(17-19-5-3-2-4-6-19)30-26(24)34(31-18)22-11-9-21(28)10-12-22/h9-12,19-20H,2-8,13-17H2,1H3. The first-order valence-electron chi connectivity index (χ1n) is 13.1. The zero-order valence-electron chi connectivity index (χ0n) is 20.4. The quantitative estimate of drug-likeness (QED) is 0.545. The lowest BCUT2D eigenvalue weighted by atomic mass is 9.87. The number of piperazine rings is 1. The third-order valence-corrected chi connectivity index (χ3v) is 7.81. The number of anilines is 1. The van der Waals surface area contributed by atoms with Crippen LogP contribution >= 0.6 is 0 Å². The number of amides is 1. The summed E-state index contributed by atoms with van der Waals surface area (Å²) in [6.07, 6.45) is 9.30. The topological polar surface area (TPSA) is 67.2 Å². The first kappa shape index (κ1) is 22.4. The van der Waals surface area contributed by atoms with Gasteiger partial charge < -0.3 is 9.80 Å². The number of halogens is 1. The van der Waals surface area contributed by atoms with Crippen molar-refractivity contribution in [3.63, 3.8) is 0 Å². The van der Waals surface area contributed by atoms with Gasteiger partial charge >= 0.3 is 0 Å². The van der Waals surface area contributed by atoms with Crippen LogP contribution in [0.5, 0.6) is 0 Å². The molecule has 0 spiro atoms. The van der Waals surface area contributed by atoms with Crippen molar-refractivity contribution in [2.75, 3.05) is 31.1 Å². The molecule has 0 bridgehead atoms. The number of rotatable bonds is 5. The van der Waals surface area contributed by atoms with Crippen molar-refractivity contribution in [1.29, 1.82) is 0 Å². The summed E-state index contributed by atoms with van der Waals surface area (Å²) in [7, 11) is 0. The molecular weight excluding hydrogens is 443 g/mol. The van der Waals surface area contributed by atoms with E-state index in [0.29, 0.717) is 11.8 Å². The molecule has 1 saturated heterocycles. The van der Waals surface area contributed by atoms with E-state index in [0.717, 1.165) is 79.5 Å². The Kier molecular flexibility index (Phi) is 5.90. The molecule has 0 N–H and O–H groups in total. The maximum atomic E-state index is 13.6. The second kappa shape index (κ2) is 9.21. The van der Waals surface area contributed by atoms with Gasteiger partial charge in [0.05, 0.1) is 16.8 Å². The molecule has 1 amide bonds. The van der Waals surface area contributed by atoms with Gasteiger partial charge in [0.15, 0.2) is 5.65 Å². The molecule has 7 nitrogen and oxygen atoms in total. The van der Waals surface area contributed by atoms with E-state index in [2.05, 4.69) is 4.90 Å². The van der Waals surface area contributed by atoms with Gasteiger partial charge in [-0.1, -0.05) is 32.1 Å². The van der Waals surface area contributed by atoms with Crippen molar-refractivity contribution in [2.45, 2.75) is 58.3 Å². The highest BCUT2D eigenvalue weighted by atomic mass is 19.1. The summed E-state index contributed by atoms with van der Waals surface area (Å²) in [4.78, 5) is 27.0. The average Bonchev–Trinajstić information content (AvgIpc) is 3.68. The third kappa shape index (κ3) is 4.50. The number of hydrogen-bond acceptors (Lipinski definition) is 5. The van der Waals surface area contributed by atoms with Crippen molar-refractivity contribution < 1.29 is 9.18 Å². The Balaban J connectivity index is 1.37. The molecule has 1 aliphatic heterocycles. The number of nitrogens with zero attached hydrogens (tertiary/aromatic N) is 6. The SMILES string of the molecule is Cc1nn(-c2ccc(F)cc2)c2nc(CC3CCCCC3)nc(N3CCN(C(=O)C4CC4)CC3)c12. The summed E-state index contributed by atoms with van der Waals surface area (Å²) in [5, 5.41) is 5.76. The van der Waals surface area contributed by atoms with Crippen LogP contribution in [0.1, 0.15) is 56.5 Å². The molecule has 184 valence electrons. The predicted octanol–water partition coefficient (Wildman–Crippen LogP) is 4.44. The van der Waals surface area contributed by atoms with Crippen LogP contribution in [0.2, 0.25) is 0 Å². The van der Waals surface area contributed by atoms with Gasteiger partial charge in [-0.05, 0) is 49.9 Å². The number of carbonyl (C=O) groups excluding carboxylic acids is 1.